The Morgan fingerprint density at radius 2 is 1.80 bits per heavy atom. The van der Waals surface area contributed by atoms with Gasteiger partial charge in [0.15, 0.2) is 0 Å². The minimum Gasteiger partial charge on any atom is -0.379 e. The second kappa shape index (κ2) is 12.0. The van der Waals surface area contributed by atoms with Gasteiger partial charge in [0.1, 0.15) is 0 Å². The molecule has 0 spiro atoms. The number of rotatable bonds is 11. The summed E-state index contributed by atoms with van der Waals surface area (Å²) in [7, 11) is 0. The number of ether oxygens (including phenoxy) is 2. The average Bonchev–Trinajstić information content (AvgIpc) is 2.26. The fraction of sp³-hybridized carbons (Fsp3) is 1.00. The second-order valence-corrected chi connectivity index (χ2v) is 3.72. The summed E-state index contributed by atoms with van der Waals surface area (Å²) in [4.78, 5) is 0. The van der Waals surface area contributed by atoms with Crippen molar-refractivity contribution in [3.8, 4) is 0 Å². The Morgan fingerprint density at radius 1 is 1.00 bits per heavy atom. The van der Waals surface area contributed by atoms with Crippen molar-refractivity contribution in [3.05, 3.63) is 0 Å². The largest absolute Gasteiger partial charge is 0.379 e. The van der Waals surface area contributed by atoms with Crippen molar-refractivity contribution in [2.45, 2.75) is 46.1 Å². The Hall–Kier alpha value is -0.120. The number of hydrogen-bond acceptors (Lipinski definition) is 3. The van der Waals surface area contributed by atoms with Gasteiger partial charge in [-0.05, 0) is 25.8 Å². The highest BCUT2D eigenvalue weighted by atomic mass is 16.5. The second-order valence-electron chi connectivity index (χ2n) is 3.72. The lowest BCUT2D eigenvalue weighted by atomic mass is 10.2. The standard InChI is InChI=1S/C12H27NO2/c1-4-7-13-11-12(6-3)15-10-9-14-8-5-2/h12-13H,4-11H2,1-3H3. The van der Waals surface area contributed by atoms with Gasteiger partial charge in [0.2, 0.25) is 0 Å². The first kappa shape index (κ1) is 14.9. The molecule has 15 heavy (non-hydrogen) atoms. The maximum atomic E-state index is 5.70. The Kier molecular flexibility index (Phi) is 11.9. The van der Waals surface area contributed by atoms with Crippen LogP contribution in [0.25, 0.3) is 0 Å². The zero-order valence-electron chi connectivity index (χ0n) is 10.6. The van der Waals surface area contributed by atoms with E-state index in [0.717, 1.165) is 39.1 Å². The lowest BCUT2D eigenvalue weighted by Crippen LogP contribution is -2.30. The Balaban J connectivity index is 3.28. The highest BCUT2D eigenvalue weighted by Gasteiger charge is 2.04. The SMILES string of the molecule is CCCNCC(CC)OCCOCCC. The highest BCUT2D eigenvalue weighted by Crippen LogP contribution is 1.96. The van der Waals surface area contributed by atoms with Crippen molar-refractivity contribution in [2.24, 2.45) is 0 Å². The lowest BCUT2D eigenvalue weighted by Gasteiger charge is -2.16. The van der Waals surface area contributed by atoms with E-state index >= 15 is 0 Å². The first-order valence-corrected chi connectivity index (χ1v) is 6.25. The third kappa shape index (κ3) is 10.2. The molecule has 0 aliphatic heterocycles. The average molecular weight is 217 g/mol. The first-order chi connectivity index (χ1) is 7.35. The van der Waals surface area contributed by atoms with E-state index in [2.05, 4.69) is 26.1 Å². The van der Waals surface area contributed by atoms with Crippen LogP contribution in [0.15, 0.2) is 0 Å². The van der Waals surface area contributed by atoms with Crippen molar-refractivity contribution in [1.29, 1.82) is 0 Å². The molecule has 92 valence electrons. The van der Waals surface area contributed by atoms with Crippen LogP contribution in [0.1, 0.15) is 40.0 Å². The summed E-state index contributed by atoms with van der Waals surface area (Å²) >= 11 is 0. The maximum absolute atomic E-state index is 5.70. The molecule has 0 aromatic heterocycles. The summed E-state index contributed by atoms with van der Waals surface area (Å²) in [5, 5.41) is 3.37. The van der Waals surface area contributed by atoms with Crippen LogP contribution in [-0.2, 0) is 9.47 Å². The Labute approximate surface area is 94.5 Å². The van der Waals surface area contributed by atoms with Crippen LogP contribution in [0.5, 0.6) is 0 Å². The molecule has 1 N–H and O–H groups in total. The molecule has 0 saturated heterocycles. The predicted octanol–water partition coefficient (Wildman–Crippen LogP) is 2.21. The molecule has 0 bridgehead atoms. The summed E-state index contributed by atoms with van der Waals surface area (Å²) in [5.41, 5.74) is 0. The van der Waals surface area contributed by atoms with Gasteiger partial charge in [0.25, 0.3) is 0 Å². The van der Waals surface area contributed by atoms with Crippen LogP contribution >= 0.6 is 0 Å². The molecule has 0 saturated carbocycles. The zero-order valence-corrected chi connectivity index (χ0v) is 10.6. The van der Waals surface area contributed by atoms with Gasteiger partial charge in [0, 0.05) is 13.2 Å². The van der Waals surface area contributed by atoms with Crippen LogP contribution in [0.4, 0.5) is 0 Å². The van der Waals surface area contributed by atoms with Gasteiger partial charge < -0.3 is 14.8 Å². The molecular weight excluding hydrogens is 190 g/mol. The fourth-order valence-electron chi connectivity index (χ4n) is 1.28. The zero-order chi connectivity index (χ0) is 11.4. The molecule has 0 aromatic carbocycles. The summed E-state index contributed by atoms with van der Waals surface area (Å²) in [6.45, 7) is 10.8. The quantitative estimate of drug-likeness (QED) is 0.538. The Bertz CT molecular complexity index is 120. The molecule has 0 radical (unpaired) electrons. The third-order valence-corrected chi connectivity index (χ3v) is 2.18. The van der Waals surface area contributed by atoms with Crippen LogP contribution in [0, 0.1) is 0 Å². The van der Waals surface area contributed by atoms with E-state index < -0.39 is 0 Å². The molecule has 0 aromatic rings. The summed E-state index contributed by atoms with van der Waals surface area (Å²) < 4.78 is 11.1. The van der Waals surface area contributed by atoms with Crippen molar-refractivity contribution in [1.82, 2.24) is 5.32 Å². The number of hydrogen-bond donors (Lipinski definition) is 1. The molecular formula is C12H27NO2. The minimum absolute atomic E-state index is 0.335. The van der Waals surface area contributed by atoms with Crippen LogP contribution < -0.4 is 5.32 Å². The molecule has 0 aliphatic carbocycles. The van der Waals surface area contributed by atoms with Gasteiger partial charge >= 0.3 is 0 Å². The van der Waals surface area contributed by atoms with E-state index in [0.29, 0.717) is 12.7 Å². The van der Waals surface area contributed by atoms with Crippen molar-refractivity contribution in [3.63, 3.8) is 0 Å². The summed E-state index contributed by atoms with van der Waals surface area (Å²) in [5.74, 6) is 0. The molecule has 0 fully saturated rings. The topological polar surface area (TPSA) is 30.5 Å². The molecule has 3 heteroatoms. The van der Waals surface area contributed by atoms with E-state index in [1.54, 1.807) is 0 Å². The predicted molar refractivity (Wildman–Crippen MR) is 64.3 cm³/mol. The van der Waals surface area contributed by atoms with E-state index in [1.807, 2.05) is 0 Å². The third-order valence-electron chi connectivity index (χ3n) is 2.18. The molecule has 0 heterocycles. The minimum atomic E-state index is 0.335. The van der Waals surface area contributed by atoms with Crippen LogP contribution in [0.2, 0.25) is 0 Å². The smallest absolute Gasteiger partial charge is 0.0704 e. The van der Waals surface area contributed by atoms with Gasteiger partial charge in [-0.15, -0.1) is 0 Å². The van der Waals surface area contributed by atoms with Crippen molar-refractivity contribution < 1.29 is 9.47 Å². The van der Waals surface area contributed by atoms with Gasteiger partial charge in [-0.25, -0.2) is 0 Å². The van der Waals surface area contributed by atoms with Crippen LogP contribution in [0.3, 0.4) is 0 Å². The fourth-order valence-corrected chi connectivity index (χ4v) is 1.28. The molecule has 0 rings (SSSR count). The molecule has 1 unspecified atom stereocenters. The molecule has 0 amide bonds. The molecule has 1 atom stereocenters. The molecule has 0 aliphatic rings. The number of nitrogens with one attached hydrogen (secondary N) is 1. The summed E-state index contributed by atoms with van der Waals surface area (Å²) in [6.07, 6.45) is 3.65. The normalized spacial score (nSPS) is 13.0. The van der Waals surface area contributed by atoms with E-state index in [1.165, 1.54) is 6.42 Å². The van der Waals surface area contributed by atoms with Crippen LogP contribution in [-0.4, -0.2) is 39.0 Å². The maximum Gasteiger partial charge on any atom is 0.0704 e. The van der Waals surface area contributed by atoms with Gasteiger partial charge in [-0.1, -0.05) is 20.8 Å². The lowest BCUT2D eigenvalue weighted by molar-refractivity contribution is 0.00405. The van der Waals surface area contributed by atoms with E-state index in [-0.39, 0.29) is 0 Å². The first-order valence-electron chi connectivity index (χ1n) is 6.25. The van der Waals surface area contributed by atoms with Crippen molar-refractivity contribution >= 4 is 0 Å². The van der Waals surface area contributed by atoms with Gasteiger partial charge in [-0.2, -0.15) is 0 Å². The van der Waals surface area contributed by atoms with Gasteiger partial charge in [0.05, 0.1) is 19.3 Å². The Morgan fingerprint density at radius 3 is 2.40 bits per heavy atom. The van der Waals surface area contributed by atoms with Gasteiger partial charge in [-0.3, -0.25) is 0 Å². The molecule has 3 nitrogen and oxygen atoms in total. The van der Waals surface area contributed by atoms with Crippen molar-refractivity contribution in [2.75, 3.05) is 32.9 Å². The summed E-state index contributed by atoms with van der Waals surface area (Å²) in [6, 6.07) is 0. The van der Waals surface area contributed by atoms with E-state index in [4.69, 9.17) is 9.47 Å². The monoisotopic (exact) mass is 217 g/mol. The van der Waals surface area contributed by atoms with E-state index in [9.17, 15) is 0 Å². The highest BCUT2D eigenvalue weighted by molar-refractivity contribution is 4.59.